The van der Waals surface area contributed by atoms with Gasteiger partial charge in [-0.3, -0.25) is 4.79 Å². The number of methoxy groups -OCH3 is 2. The molecule has 4 rings (SSSR count). The van der Waals surface area contributed by atoms with E-state index < -0.39 is 18.0 Å². The molecule has 4 aromatic carbocycles. The van der Waals surface area contributed by atoms with Crippen LogP contribution in [0.1, 0.15) is 22.8 Å². The number of ether oxygens (including phenoxy) is 4. The summed E-state index contributed by atoms with van der Waals surface area (Å²) in [5, 5.41) is 4.01. The molecule has 0 aliphatic heterocycles. The molecule has 0 aliphatic rings. The van der Waals surface area contributed by atoms with Gasteiger partial charge in [0.1, 0.15) is 11.5 Å². The lowest BCUT2D eigenvalue weighted by Crippen LogP contribution is -2.33. The van der Waals surface area contributed by atoms with Gasteiger partial charge in [0.2, 0.25) is 0 Å². The fraction of sp³-hybridized carbons (Fsp3) is 0.129. The van der Waals surface area contributed by atoms with Crippen LogP contribution in [0.5, 0.6) is 23.0 Å². The minimum atomic E-state index is -0.765. The van der Waals surface area contributed by atoms with Crippen molar-refractivity contribution in [2.75, 3.05) is 14.2 Å². The van der Waals surface area contributed by atoms with Crippen LogP contribution in [0.15, 0.2) is 102 Å². The van der Waals surface area contributed by atoms with Crippen LogP contribution in [0.2, 0.25) is 0 Å². The van der Waals surface area contributed by atoms with E-state index in [2.05, 4.69) is 10.5 Å². The second-order valence-corrected chi connectivity index (χ2v) is 8.41. The largest absolute Gasteiger partial charge is 0.497 e. The van der Waals surface area contributed by atoms with Crippen molar-refractivity contribution in [2.45, 2.75) is 13.0 Å². The minimum Gasteiger partial charge on any atom is -0.497 e. The number of esters is 1. The number of carbonyl (C=O) groups excluding carboxylic acids is 2. The molecule has 0 spiro atoms. The van der Waals surface area contributed by atoms with E-state index in [0.29, 0.717) is 28.4 Å². The maximum absolute atomic E-state index is 12.5. The molecule has 1 N–H and O–H groups in total. The minimum absolute atomic E-state index is 0.250. The van der Waals surface area contributed by atoms with E-state index in [1.807, 2.05) is 54.6 Å². The van der Waals surface area contributed by atoms with Crippen LogP contribution >= 0.6 is 0 Å². The summed E-state index contributed by atoms with van der Waals surface area (Å²) in [6.45, 7) is 1.64. The van der Waals surface area contributed by atoms with Gasteiger partial charge in [-0.05, 0) is 78.2 Å². The highest BCUT2D eigenvalue weighted by atomic mass is 16.6. The van der Waals surface area contributed by atoms with Crippen LogP contribution < -0.4 is 24.4 Å². The molecule has 0 heterocycles. The number of hydrazone groups is 1. The summed E-state index contributed by atoms with van der Waals surface area (Å²) in [7, 11) is 3.02. The van der Waals surface area contributed by atoms with Gasteiger partial charge < -0.3 is 18.9 Å². The molecule has 1 atom stereocenters. The molecule has 0 aliphatic carbocycles. The van der Waals surface area contributed by atoms with Gasteiger partial charge in [0, 0.05) is 0 Å². The zero-order valence-electron chi connectivity index (χ0n) is 21.8. The van der Waals surface area contributed by atoms with Gasteiger partial charge in [0.25, 0.3) is 5.91 Å². The van der Waals surface area contributed by atoms with E-state index in [0.717, 1.165) is 11.1 Å². The molecule has 8 nitrogen and oxygen atoms in total. The van der Waals surface area contributed by atoms with Gasteiger partial charge in [-0.2, -0.15) is 5.10 Å². The molecule has 0 saturated heterocycles. The Morgan fingerprint density at radius 2 is 1.44 bits per heavy atom. The Labute approximate surface area is 226 Å². The van der Waals surface area contributed by atoms with E-state index >= 15 is 0 Å². The Kier molecular flexibility index (Phi) is 8.92. The molecule has 8 heteroatoms. The summed E-state index contributed by atoms with van der Waals surface area (Å²) in [4.78, 5) is 24.9. The summed E-state index contributed by atoms with van der Waals surface area (Å²) in [5.41, 5.74) is 5.63. The Bertz CT molecular complexity index is 1430. The molecular formula is C31H28N2O6. The molecule has 39 heavy (non-hydrogen) atoms. The van der Waals surface area contributed by atoms with Crippen molar-refractivity contribution < 1.29 is 28.5 Å². The topological polar surface area (TPSA) is 95.5 Å². The SMILES string of the molecule is COc1ccc(C(=O)Oc2ccc(/C=N\NC(=O)[C@@H](C)Oc3ccc(-c4ccccc4)cc3)cc2OC)cc1. The van der Waals surface area contributed by atoms with E-state index in [9.17, 15) is 9.59 Å². The van der Waals surface area contributed by atoms with Crippen molar-refractivity contribution in [1.82, 2.24) is 5.43 Å². The lowest BCUT2D eigenvalue weighted by Gasteiger charge is -2.13. The van der Waals surface area contributed by atoms with Crippen molar-refractivity contribution in [2.24, 2.45) is 5.10 Å². The van der Waals surface area contributed by atoms with E-state index in [1.165, 1.54) is 13.3 Å². The molecule has 0 saturated carbocycles. The first-order valence-electron chi connectivity index (χ1n) is 12.2. The van der Waals surface area contributed by atoms with Gasteiger partial charge in [-0.1, -0.05) is 42.5 Å². The van der Waals surface area contributed by atoms with Crippen molar-refractivity contribution >= 4 is 18.1 Å². The number of amides is 1. The zero-order valence-corrected chi connectivity index (χ0v) is 21.8. The molecule has 0 aromatic heterocycles. The highest BCUT2D eigenvalue weighted by Gasteiger charge is 2.15. The molecule has 4 aromatic rings. The van der Waals surface area contributed by atoms with Gasteiger partial charge >= 0.3 is 5.97 Å². The fourth-order valence-electron chi connectivity index (χ4n) is 3.61. The first-order chi connectivity index (χ1) is 19.0. The lowest BCUT2D eigenvalue weighted by atomic mass is 10.1. The van der Waals surface area contributed by atoms with Crippen molar-refractivity contribution in [3.8, 4) is 34.1 Å². The molecule has 1 amide bonds. The number of rotatable bonds is 10. The molecular weight excluding hydrogens is 496 g/mol. The third kappa shape index (κ3) is 7.23. The smallest absolute Gasteiger partial charge is 0.343 e. The normalized spacial score (nSPS) is 11.5. The zero-order chi connectivity index (χ0) is 27.6. The third-order valence-corrected chi connectivity index (χ3v) is 5.75. The first-order valence-corrected chi connectivity index (χ1v) is 12.2. The highest BCUT2D eigenvalue weighted by Crippen LogP contribution is 2.28. The van der Waals surface area contributed by atoms with Gasteiger partial charge in [-0.15, -0.1) is 0 Å². The number of hydrogen-bond acceptors (Lipinski definition) is 7. The van der Waals surface area contributed by atoms with Crippen molar-refractivity contribution in [3.05, 3.63) is 108 Å². The monoisotopic (exact) mass is 524 g/mol. The average molecular weight is 525 g/mol. The number of nitrogens with zero attached hydrogens (tertiary/aromatic N) is 1. The van der Waals surface area contributed by atoms with Crippen LogP contribution in [-0.4, -0.2) is 38.4 Å². The average Bonchev–Trinajstić information content (AvgIpc) is 2.98. The van der Waals surface area contributed by atoms with Gasteiger partial charge in [0.15, 0.2) is 17.6 Å². The van der Waals surface area contributed by atoms with Crippen LogP contribution in [0.4, 0.5) is 0 Å². The number of hydrogen-bond donors (Lipinski definition) is 1. The molecule has 0 bridgehead atoms. The standard InChI is InChI=1S/C31H28N2O6/c1-21(38-27-16-10-24(11-17-27)23-7-5-4-6-8-23)30(34)33-32-20-22-9-18-28(29(19-22)37-3)39-31(35)25-12-14-26(36-2)15-13-25/h4-21H,1-3H3,(H,33,34)/b32-20-/t21-/m1/s1. The van der Waals surface area contributed by atoms with Crippen LogP contribution in [0.25, 0.3) is 11.1 Å². The summed E-state index contributed by atoms with van der Waals surface area (Å²) in [6, 6.07) is 29.0. The Balaban J connectivity index is 1.31. The maximum Gasteiger partial charge on any atom is 0.343 e. The van der Waals surface area contributed by atoms with Crippen LogP contribution in [0, 0.1) is 0 Å². The Hall–Kier alpha value is -5.11. The van der Waals surface area contributed by atoms with E-state index in [4.69, 9.17) is 18.9 Å². The summed E-state index contributed by atoms with van der Waals surface area (Å²) >= 11 is 0. The van der Waals surface area contributed by atoms with Gasteiger partial charge in [-0.25, -0.2) is 10.2 Å². The molecule has 198 valence electrons. The number of benzene rings is 4. The van der Waals surface area contributed by atoms with Crippen LogP contribution in [-0.2, 0) is 4.79 Å². The fourth-order valence-corrected chi connectivity index (χ4v) is 3.61. The third-order valence-electron chi connectivity index (χ3n) is 5.75. The quantitative estimate of drug-likeness (QED) is 0.127. The molecule has 0 fully saturated rings. The maximum atomic E-state index is 12.5. The summed E-state index contributed by atoms with van der Waals surface area (Å²) in [5.74, 6) is 0.857. The summed E-state index contributed by atoms with van der Waals surface area (Å²) in [6.07, 6.45) is 0.690. The predicted molar refractivity (Wildman–Crippen MR) is 149 cm³/mol. The number of carbonyl (C=O) groups is 2. The van der Waals surface area contributed by atoms with Crippen molar-refractivity contribution in [1.29, 1.82) is 0 Å². The Morgan fingerprint density at radius 1 is 0.769 bits per heavy atom. The molecule has 0 unspecified atom stereocenters. The van der Waals surface area contributed by atoms with Crippen LogP contribution in [0.3, 0.4) is 0 Å². The van der Waals surface area contributed by atoms with Gasteiger partial charge in [0.05, 0.1) is 26.0 Å². The second-order valence-electron chi connectivity index (χ2n) is 8.41. The lowest BCUT2D eigenvalue weighted by molar-refractivity contribution is -0.127. The first kappa shape index (κ1) is 26.9. The van der Waals surface area contributed by atoms with Crippen molar-refractivity contribution in [3.63, 3.8) is 0 Å². The highest BCUT2D eigenvalue weighted by molar-refractivity contribution is 5.92. The molecule has 0 radical (unpaired) electrons. The Morgan fingerprint density at radius 3 is 2.10 bits per heavy atom. The second kappa shape index (κ2) is 12.9. The summed E-state index contributed by atoms with van der Waals surface area (Å²) < 4.78 is 21.7. The number of nitrogens with one attached hydrogen (secondary N) is 1. The predicted octanol–water partition coefficient (Wildman–Crippen LogP) is 5.51. The van der Waals surface area contributed by atoms with E-state index in [-0.39, 0.29) is 5.75 Å². The van der Waals surface area contributed by atoms with E-state index in [1.54, 1.807) is 56.5 Å².